The fourth-order valence-corrected chi connectivity index (χ4v) is 2.77. The van der Waals surface area contributed by atoms with Crippen LogP contribution in [0, 0.1) is 5.92 Å². The van der Waals surface area contributed by atoms with Crippen molar-refractivity contribution in [2.75, 3.05) is 6.61 Å². The van der Waals surface area contributed by atoms with E-state index in [9.17, 15) is 9.90 Å². The lowest BCUT2D eigenvalue weighted by Gasteiger charge is -2.28. The van der Waals surface area contributed by atoms with Gasteiger partial charge in [0, 0.05) is 18.8 Å². The average Bonchev–Trinajstić information content (AvgIpc) is 3.38. The summed E-state index contributed by atoms with van der Waals surface area (Å²) in [5.41, 5.74) is 0.920. The number of aliphatic hydroxyl groups excluding tert-OH is 1. The zero-order valence-electron chi connectivity index (χ0n) is 13.3. The largest absolute Gasteiger partial charge is 0.477 e. The molecule has 3 N–H and O–H groups in total. The summed E-state index contributed by atoms with van der Waals surface area (Å²) in [6, 6.07) is 3.36. The van der Waals surface area contributed by atoms with Crippen molar-refractivity contribution in [3.05, 3.63) is 23.9 Å². The summed E-state index contributed by atoms with van der Waals surface area (Å²) in [6.45, 7) is 1.15. The lowest BCUT2D eigenvalue weighted by atomic mass is 9.93. The van der Waals surface area contributed by atoms with E-state index in [2.05, 4.69) is 15.6 Å². The number of aliphatic hydroxyl groups is 1. The molecule has 1 heterocycles. The number of aromatic nitrogens is 1. The SMILES string of the molecule is O=C(NCc1ccc(OCC2CC2)nc1)NC1CCCCC1O. The van der Waals surface area contributed by atoms with Crippen LogP contribution in [0.15, 0.2) is 18.3 Å². The van der Waals surface area contributed by atoms with Crippen LogP contribution >= 0.6 is 0 Å². The molecule has 1 aromatic rings. The smallest absolute Gasteiger partial charge is 0.315 e. The number of nitrogens with one attached hydrogen (secondary N) is 2. The van der Waals surface area contributed by atoms with Gasteiger partial charge in [-0.2, -0.15) is 0 Å². The molecule has 6 heteroatoms. The van der Waals surface area contributed by atoms with Crippen molar-refractivity contribution >= 4 is 6.03 Å². The maximum absolute atomic E-state index is 11.9. The maximum atomic E-state index is 11.9. The molecule has 3 rings (SSSR count). The van der Waals surface area contributed by atoms with Crippen molar-refractivity contribution in [2.24, 2.45) is 5.92 Å². The summed E-state index contributed by atoms with van der Waals surface area (Å²) in [6.07, 6.45) is 7.48. The molecule has 2 saturated carbocycles. The first-order chi connectivity index (χ1) is 11.2. The van der Waals surface area contributed by atoms with Gasteiger partial charge >= 0.3 is 6.03 Å². The normalized spacial score (nSPS) is 24.0. The summed E-state index contributed by atoms with van der Waals surface area (Å²) in [7, 11) is 0. The van der Waals surface area contributed by atoms with Crippen LogP contribution in [0.25, 0.3) is 0 Å². The van der Waals surface area contributed by atoms with Crippen LogP contribution in [-0.2, 0) is 6.54 Å². The third-order valence-electron chi connectivity index (χ3n) is 4.46. The maximum Gasteiger partial charge on any atom is 0.315 e. The molecule has 2 amide bonds. The van der Waals surface area contributed by atoms with Crippen molar-refractivity contribution in [3.63, 3.8) is 0 Å². The fourth-order valence-electron chi connectivity index (χ4n) is 2.77. The van der Waals surface area contributed by atoms with E-state index in [1.807, 2.05) is 12.1 Å². The number of ether oxygens (including phenoxy) is 1. The molecular formula is C17H25N3O3. The van der Waals surface area contributed by atoms with Crippen LogP contribution in [0.3, 0.4) is 0 Å². The Hall–Kier alpha value is -1.82. The lowest BCUT2D eigenvalue weighted by molar-refractivity contribution is 0.0943. The molecule has 0 bridgehead atoms. The molecule has 23 heavy (non-hydrogen) atoms. The number of urea groups is 1. The van der Waals surface area contributed by atoms with Gasteiger partial charge in [0.15, 0.2) is 0 Å². The molecule has 2 aliphatic rings. The molecule has 2 unspecified atom stereocenters. The highest BCUT2D eigenvalue weighted by atomic mass is 16.5. The summed E-state index contributed by atoms with van der Waals surface area (Å²) >= 11 is 0. The van der Waals surface area contributed by atoms with Crippen LogP contribution in [0.5, 0.6) is 5.88 Å². The first-order valence-electron chi connectivity index (χ1n) is 8.51. The van der Waals surface area contributed by atoms with E-state index in [0.717, 1.165) is 37.9 Å². The highest BCUT2D eigenvalue weighted by molar-refractivity contribution is 5.74. The monoisotopic (exact) mass is 319 g/mol. The zero-order chi connectivity index (χ0) is 16.1. The second kappa shape index (κ2) is 7.64. The molecule has 0 aromatic carbocycles. The minimum Gasteiger partial charge on any atom is -0.477 e. The van der Waals surface area contributed by atoms with Crippen molar-refractivity contribution in [1.82, 2.24) is 15.6 Å². The summed E-state index contributed by atoms with van der Waals surface area (Å²) in [4.78, 5) is 16.2. The van der Waals surface area contributed by atoms with E-state index in [0.29, 0.717) is 18.3 Å². The molecule has 1 aromatic heterocycles. The Morgan fingerprint density at radius 2 is 2.09 bits per heavy atom. The number of rotatable bonds is 6. The highest BCUT2D eigenvalue weighted by Gasteiger charge is 2.24. The number of hydrogen-bond acceptors (Lipinski definition) is 4. The Balaban J connectivity index is 1.39. The van der Waals surface area contributed by atoms with Crippen LogP contribution in [0.2, 0.25) is 0 Å². The summed E-state index contributed by atoms with van der Waals surface area (Å²) in [5.74, 6) is 1.34. The quantitative estimate of drug-likeness (QED) is 0.748. The first-order valence-corrected chi connectivity index (χ1v) is 8.51. The number of nitrogens with zero attached hydrogens (tertiary/aromatic N) is 1. The van der Waals surface area contributed by atoms with Gasteiger partial charge < -0.3 is 20.5 Å². The van der Waals surface area contributed by atoms with Gasteiger partial charge in [0.2, 0.25) is 5.88 Å². The van der Waals surface area contributed by atoms with Gasteiger partial charge in [-0.25, -0.2) is 9.78 Å². The van der Waals surface area contributed by atoms with Gasteiger partial charge in [-0.15, -0.1) is 0 Å². The Morgan fingerprint density at radius 1 is 1.26 bits per heavy atom. The standard InChI is InChI=1S/C17H25N3O3/c21-15-4-2-1-3-14(15)20-17(22)19-10-13-7-8-16(18-9-13)23-11-12-5-6-12/h7-9,12,14-15,21H,1-6,10-11H2,(H2,19,20,22). The van der Waals surface area contributed by atoms with Gasteiger partial charge in [0.1, 0.15) is 0 Å². The highest BCUT2D eigenvalue weighted by Crippen LogP contribution is 2.29. The first kappa shape index (κ1) is 16.1. The van der Waals surface area contributed by atoms with Crippen molar-refractivity contribution in [1.29, 1.82) is 0 Å². The third kappa shape index (κ3) is 5.10. The number of carbonyl (C=O) groups excluding carboxylic acids is 1. The van der Waals surface area contributed by atoms with E-state index >= 15 is 0 Å². The van der Waals surface area contributed by atoms with Gasteiger partial charge in [0.05, 0.1) is 18.8 Å². The minimum absolute atomic E-state index is 0.139. The Labute approximate surface area is 136 Å². The molecule has 6 nitrogen and oxygen atoms in total. The van der Waals surface area contributed by atoms with Crippen LogP contribution < -0.4 is 15.4 Å². The second-order valence-electron chi connectivity index (χ2n) is 6.54. The van der Waals surface area contributed by atoms with E-state index in [1.54, 1.807) is 6.20 Å². The number of pyridine rings is 1. The molecular weight excluding hydrogens is 294 g/mol. The molecule has 0 saturated heterocycles. The van der Waals surface area contributed by atoms with E-state index in [-0.39, 0.29) is 12.1 Å². The van der Waals surface area contributed by atoms with Crippen molar-refractivity contribution in [2.45, 2.75) is 57.2 Å². The van der Waals surface area contributed by atoms with Crippen LogP contribution in [0.4, 0.5) is 4.79 Å². The van der Waals surface area contributed by atoms with Crippen molar-refractivity contribution < 1.29 is 14.6 Å². The number of carbonyl (C=O) groups is 1. The van der Waals surface area contributed by atoms with Crippen LogP contribution in [0.1, 0.15) is 44.1 Å². The number of hydrogen-bond donors (Lipinski definition) is 3. The average molecular weight is 319 g/mol. The van der Waals surface area contributed by atoms with E-state index in [1.165, 1.54) is 12.8 Å². The second-order valence-corrected chi connectivity index (χ2v) is 6.54. The fraction of sp³-hybridized carbons (Fsp3) is 0.647. The Morgan fingerprint density at radius 3 is 2.78 bits per heavy atom. The Bertz CT molecular complexity index is 516. The number of amides is 2. The molecule has 2 fully saturated rings. The van der Waals surface area contributed by atoms with Gasteiger partial charge in [-0.3, -0.25) is 0 Å². The third-order valence-corrected chi connectivity index (χ3v) is 4.46. The predicted molar refractivity (Wildman–Crippen MR) is 86.1 cm³/mol. The molecule has 2 aliphatic carbocycles. The van der Waals surface area contributed by atoms with Crippen molar-refractivity contribution in [3.8, 4) is 5.88 Å². The molecule has 126 valence electrons. The van der Waals surface area contributed by atoms with Gasteiger partial charge in [-0.1, -0.05) is 18.9 Å². The zero-order valence-corrected chi connectivity index (χ0v) is 13.3. The predicted octanol–water partition coefficient (Wildman–Crippen LogP) is 1.97. The van der Waals surface area contributed by atoms with Gasteiger partial charge in [0.25, 0.3) is 0 Å². The van der Waals surface area contributed by atoms with E-state index < -0.39 is 6.10 Å². The topological polar surface area (TPSA) is 83.5 Å². The molecule has 0 radical (unpaired) electrons. The van der Waals surface area contributed by atoms with E-state index in [4.69, 9.17) is 4.74 Å². The Kier molecular flexibility index (Phi) is 5.33. The van der Waals surface area contributed by atoms with Crippen LogP contribution in [-0.4, -0.2) is 34.9 Å². The molecule has 0 spiro atoms. The summed E-state index contributed by atoms with van der Waals surface area (Å²) < 4.78 is 5.58. The molecule has 2 atom stereocenters. The molecule has 0 aliphatic heterocycles. The van der Waals surface area contributed by atoms with Gasteiger partial charge in [-0.05, 0) is 37.2 Å². The summed E-state index contributed by atoms with van der Waals surface area (Å²) in [5, 5.41) is 15.5. The minimum atomic E-state index is -0.431. The lowest BCUT2D eigenvalue weighted by Crippen LogP contribution is -2.48.